The molecule has 1 heterocycles. The van der Waals surface area contributed by atoms with Crippen LogP contribution in [0.15, 0.2) is 46.2 Å². The van der Waals surface area contributed by atoms with Crippen molar-refractivity contribution in [3.63, 3.8) is 0 Å². The lowest BCUT2D eigenvalue weighted by molar-refractivity contribution is 0.0696. The van der Waals surface area contributed by atoms with Crippen LogP contribution >= 0.6 is 11.6 Å². The predicted molar refractivity (Wildman–Crippen MR) is 108 cm³/mol. The number of nitrogens with zero attached hydrogens (tertiary/aromatic N) is 1. The van der Waals surface area contributed by atoms with Crippen LogP contribution in [0.2, 0.25) is 5.02 Å². The molecule has 0 bridgehead atoms. The lowest BCUT2D eigenvalue weighted by atomic mass is 10.1. The molecule has 0 radical (unpaired) electrons. The van der Waals surface area contributed by atoms with Crippen molar-refractivity contribution in [2.24, 2.45) is 0 Å². The number of aromatic carboxylic acids is 1. The molecule has 2 N–H and O–H groups in total. The van der Waals surface area contributed by atoms with E-state index in [0.717, 1.165) is 18.9 Å². The minimum atomic E-state index is -4.16. The summed E-state index contributed by atoms with van der Waals surface area (Å²) in [5.41, 5.74) is 0.179. The van der Waals surface area contributed by atoms with Crippen LogP contribution in [0.3, 0.4) is 0 Å². The van der Waals surface area contributed by atoms with Crippen LogP contribution in [0, 0.1) is 6.92 Å². The van der Waals surface area contributed by atoms with Crippen LogP contribution in [0.5, 0.6) is 0 Å². The maximum Gasteiger partial charge on any atom is 0.335 e. The van der Waals surface area contributed by atoms with Crippen LogP contribution in [-0.4, -0.2) is 45.3 Å². The molecule has 2 aromatic carbocycles. The van der Waals surface area contributed by atoms with Gasteiger partial charge in [0.2, 0.25) is 10.0 Å². The highest BCUT2D eigenvalue weighted by Gasteiger charge is 2.30. The molecule has 0 spiro atoms. The first-order valence-corrected chi connectivity index (χ1v) is 12.0. The second kappa shape index (κ2) is 7.94. The molecule has 1 saturated heterocycles. The van der Waals surface area contributed by atoms with Crippen molar-refractivity contribution >= 4 is 43.3 Å². The average molecular weight is 459 g/mol. The van der Waals surface area contributed by atoms with E-state index in [2.05, 4.69) is 4.72 Å². The highest BCUT2D eigenvalue weighted by molar-refractivity contribution is 7.92. The second-order valence-corrected chi connectivity index (χ2v) is 10.6. The Balaban J connectivity index is 1.99. The first kappa shape index (κ1) is 21.6. The van der Waals surface area contributed by atoms with Crippen molar-refractivity contribution in [3.8, 4) is 0 Å². The topological polar surface area (TPSA) is 121 Å². The maximum atomic E-state index is 12.8. The molecule has 156 valence electrons. The standard InChI is InChI=1S/C18H19ClN2O6S2/c1-12-4-5-13(18(22)23)10-16(12)28(24,25)20-14-6-7-15(19)17(11-14)29(26,27)21-8-2-3-9-21/h4-7,10-11,20H,2-3,8-9H2,1H3,(H,22,23). The third kappa shape index (κ3) is 4.40. The van der Waals surface area contributed by atoms with Crippen molar-refractivity contribution in [2.75, 3.05) is 17.8 Å². The van der Waals surface area contributed by atoms with Crippen LogP contribution in [-0.2, 0) is 20.0 Å². The number of aryl methyl sites for hydroxylation is 1. The van der Waals surface area contributed by atoms with Gasteiger partial charge in [0, 0.05) is 13.1 Å². The molecule has 0 aliphatic carbocycles. The van der Waals surface area contributed by atoms with Gasteiger partial charge in [-0.05, 0) is 55.7 Å². The van der Waals surface area contributed by atoms with Crippen LogP contribution in [0.4, 0.5) is 5.69 Å². The molecule has 29 heavy (non-hydrogen) atoms. The number of hydrogen-bond acceptors (Lipinski definition) is 5. The SMILES string of the molecule is Cc1ccc(C(=O)O)cc1S(=O)(=O)Nc1ccc(Cl)c(S(=O)(=O)N2CCCC2)c1. The van der Waals surface area contributed by atoms with Gasteiger partial charge in [-0.15, -0.1) is 0 Å². The number of anilines is 1. The number of carboxylic acid groups (broad SMARTS) is 1. The molecule has 2 aromatic rings. The van der Waals surface area contributed by atoms with E-state index in [1.165, 1.54) is 41.6 Å². The van der Waals surface area contributed by atoms with Crippen LogP contribution < -0.4 is 4.72 Å². The summed E-state index contributed by atoms with van der Waals surface area (Å²) in [4.78, 5) is 10.8. The number of carbonyl (C=O) groups is 1. The van der Waals surface area contributed by atoms with E-state index in [1.54, 1.807) is 0 Å². The van der Waals surface area contributed by atoms with Gasteiger partial charge in [-0.1, -0.05) is 17.7 Å². The number of carboxylic acids is 1. The van der Waals surface area contributed by atoms with Gasteiger partial charge in [0.15, 0.2) is 0 Å². The predicted octanol–water partition coefficient (Wildman–Crippen LogP) is 2.93. The number of hydrogen-bond donors (Lipinski definition) is 2. The van der Waals surface area contributed by atoms with E-state index in [1.807, 2.05) is 0 Å². The smallest absolute Gasteiger partial charge is 0.335 e. The average Bonchev–Trinajstić information content (AvgIpc) is 3.18. The molecular weight excluding hydrogens is 440 g/mol. The summed E-state index contributed by atoms with van der Waals surface area (Å²) in [5.74, 6) is -1.26. The van der Waals surface area contributed by atoms with E-state index in [9.17, 15) is 21.6 Å². The molecule has 0 aromatic heterocycles. The van der Waals surface area contributed by atoms with E-state index >= 15 is 0 Å². The molecule has 1 fully saturated rings. The van der Waals surface area contributed by atoms with Gasteiger partial charge >= 0.3 is 5.97 Å². The fraction of sp³-hybridized carbons (Fsp3) is 0.278. The molecule has 11 heteroatoms. The first-order chi connectivity index (χ1) is 13.5. The van der Waals surface area contributed by atoms with E-state index in [4.69, 9.17) is 16.7 Å². The van der Waals surface area contributed by atoms with Gasteiger partial charge in [-0.3, -0.25) is 4.72 Å². The molecule has 0 atom stereocenters. The second-order valence-electron chi connectivity index (χ2n) is 6.65. The van der Waals surface area contributed by atoms with Gasteiger partial charge in [0.05, 0.1) is 21.2 Å². The first-order valence-electron chi connectivity index (χ1n) is 8.69. The Bertz CT molecular complexity index is 1170. The quantitative estimate of drug-likeness (QED) is 0.686. The number of rotatable bonds is 6. The van der Waals surface area contributed by atoms with Crippen LogP contribution in [0.1, 0.15) is 28.8 Å². The Morgan fingerprint density at radius 2 is 1.69 bits per heavy atom. The monoisotopic (exact) mass is 458 g/mol. The summed E-state index contributed by atoms with van der Waals surface area (Å²) >= 11 is 6.08. The van der Waals surface area contributed by atoms with Crippen molar-refractivity contribution in [2.45, 2.75) is 29.6 Å². The molecule has 1 aliphatic rings. The summed E-state index contributed by atoms with van der Waals surface area (Å²) in [7, 11) is -8.01. The molecule has 8 nitrogen and oxygen atoms in total. The van der Waals surface area contributed by atoms with Gasteiger partial charge in [0.1, 0.15) is 4.90 Å². The number of halogens is 1. The third-order valence-electron chi connectivity index (χ3n) is 4.59. The number of sulfonamides is 2. The Hall–Kier alpha value is -2.14. The Morgan fingerprint density at radius 1 is 1.03 bits per heavy atom. The van der Waals surface area contributed by atoms with Gasteiger partial charge in [0.25, 0.3) is 10.0 Å². The van der Waals surface area contributed by atoms with Gasteiger partial charge in [-0.2, -0.15) is 4.31 Å². The largest absolute Gasteiger partial charge is 0.478 e. The Labute approximate surface area is 174 Å². The summed E-state index contributed by atoms with van der Waals surface area (Å²) in [5, 5.41) is 9.10. The summed E-state index contributed by atoms with van der Waals surface area (Å²) in [6, 6.07) is 7.58. The number of nitrogens with one attached hydrogen (secondary N) is 1. The van der Waals surface area contributed by atoms with Gasteiger partial charge in [-0.25, -0.2) is 21.6 Å². The molecule has 0 amide bonds. The van der Waals surface area contributed by atoms with Gasteiger partial charge < -0.3 is 5.11 Å². The molecule has 1 aliphatic heterocycles. The summed E-state index contributed by atoms with van der Waals surface area (Å²) in [6.45, 7) is 2.30. The minimum Gasteiger partial charge on any atom is -0.478 e. The molecular formula is C18H19ClN2O6S2. The lowest BCUT2D eigenvalue weighted by Crippen LogP contribution is -2.28. The third-order valence-corrected chi connectivity index (χ3v) is 8.49. The zero-order valence-corrected chi connectivity index (χ0v) is 17.8. The van der Waals surface area contributed by atoms with Crippen molar-refractivity contribution in [3.05, 3.63) is 52.5 Å². The zero-order chi connectivity index (χ0) is 21.4. The van der Waals surface area contributed by atoms with Crippen molar-refractivity contribution in [1.29, 1.82) is 0 Å². The highest BCUT2D eigenvalue weighted by atomic mass is 35.5. The van der Waals surface area contributed by atoms with Crippen molar-refractivity contribution < 1.29 is 26.7 Å². The molecule has 3 rings (SSSR count). The van der Waals surface area contributed by atoms with E-state index < -0.39 is 26.0 Å². The minimum absolute atomic E-state index is 0.00676. The molecule has 0 unspecified atom stereocenters. The fourth-order valence-corrected chi connectivity index (χ4v) is 6.40. The Kier molecular flexibility index (Phi) is 5.91. The Morgan fingerprint density at radius 3 is 2.31 bits per heavy atom. The zero-order valence-electron chi connectivity index (χ0n) is 15.4. The maximum absolute atomic E-state index is 12.8. The molecule has 0 saturated carbocycles. The number of benzene rings is 2. The normalized spacial score (nSPS) is 15.4. The fourth-order valence-electron chi connectivity index (χ4n) is 3.06. The van der Waals surface area contributed by atoms with E-state index in [0.29, 0.717) is 18.7 Å². The van der Waals surface area contributed by atoms with Crippen LogP contribution in [0.25, 0.3) is 0 Å². The highest BCUT2D eigenvalue weighted by Crippen LogP contribution is 2.31. The summed E-state index contributed by atoms with van der Waals surface area (Å²) < 4.78 is 54.9. The summed E-state index contributed by atoms with van der Waals surface area (Å²) in [6.07, 6.45) is 1.50. The van der Waals surface area contributed by atoms with E-state index in [-0.39, 0.29) is 26.1 Å². The lowest BCUT2D eigenvalue weighted by Gasteiger charge is -2.18. The van der Waals surface area contributed by atoms with Crippen molar-refractivity contribution in [1.82, 2.24) is 4.31 Å².